The lowest BCUT2D eigenvalue weighted by atomic mass is 10.2. The summed E-state index contributed by atoms with van der Waals surface area (Å²) < 4.78 is 21.6. The van der Waals surface area contributed by atoms with Gasteiger partial charge in [-0.05, 0) is 26.3 Å². The number of carbonyl (C=O) groups is 2. The molecule has 1 atom stereocenters. The van der Waals surface area contributed by atoms with Gasteiger partial charge in [-0.1, -0.05) is 30.3 Å². The van der Waals surface area contributed by atoms with Crippen LogP contribution in [0.15, 0.2) is 30.3 Å². The molecule has 0 amide bonds. The van der Waals surface area contributed by atoms with Gasteiger partial charge in [0.25, 0.3) is 5.79 Å². The smallest absolute Gasteiger partial charge is 0.368 e. The third-order valence-electron chi connectivity index (χ3n) is 3.61. The summed E-state index contributed by atoms with van der Waals surface area (Å²) in [6.07, 6.45) is 0. The van der Waals surface area contributed by atoms with Crippen LogP contribution in [0.4, 0.5) is 0 Å². The van der Waals surface area contributed by atoms with Crippen LogP contribution in [0.5, 0.6) is 0 Å². The van der Waals surface area contributed by atoms with Crippen LogP contribution in [0.2, 0.25) is 0 Å². The van der Waals surface area contributed by atoms with Crippen molar-refractivity contribution in [1.29, 1.82) is 0 Å². The molecule has 0 heterocycles. The van der Waals surface area contributed by atoms with Crippen molar-refractivity contribution >= 4 is 24.6 Å². The molecule has 0 aliphatic heterocycles. The number of thiol groups is 1. The quantitative estimate of drug-likeness (QED) is 0.298. The predicted octanol–water partition coefficient (Wildman–Crippen LogP) is 1.95. The zero-order valence-corrected chi connectivity index (χ0v) is 17.0. The van der Waals surface area contributed by atoms with Gasteiger partial charge in [-0.2, -0.15) is 12.6 Å². The van der Waals surface area contributed by atoms with Crippen LogP contribution in [0.1, 0.15) is 26.3 Å². The standard InChI is InChI=1S/C19H29NO6S/c1-4-23-17(21)16(13-27)20-14-19(25-5-2,26-6-3)18(22)24-12-15-10-8-7-9-11-15/h7-11,16,20,27H,4-6,12-14H2,1-3H3/t16-/m0/s1. The van der Waals surface area contributed by atoms with E-state index in [1.54, 1.807) is 20.8 Å². The number of rotatable bonds is 13. The van der Waals surface area contributed by atoms with E-state index in [4.69, 9.17) is 18.9 Å². The van der Waals surface area contributed by atoms with Crippen LogP contribution in [-0.2, 0) is 35.1 Å². The Bertz CT molecular complexity index is 563. The van der Waals surface area contributed by atoms with Gasteiger partial charge in [0.2, 0.25) is 0 Å². The zero-order chi connectivity index (χ0) is 20.1. The van der Waals surface area contributed by atoms with Crippen LogP contribution in [0.3, 0.4) is 0 Å². The van der Waals surface area contributed by atoms with E-state index in [0.29, 0.717) is 0 Å². The average molecular weight is 400 g/mol. The lowest BCUT2D eigenvalue weighted by Gasteiger charge is -2.32. The number of nitrogens with one attached hydrogen (secondary N) is 1. The molecule has 0 fully saturated rings. The van der Waals surface area contributed by atoms with Gasteiger partial charge in [0.15, 0.2) is 0 Å². The van der Waals surface area contributed by atoms with E-state index in [0.717, 1.165) is 5.56 Å². The topological polar surface area (TPSA) is 83.1 Å². The molecule has 1 rings (SSSR count). The van der Waals surface area contributed by atoms with Crippen LogP contribution < -0.4 is 5.32 Å². The molecule has 0 saturated carbocycles. The maximum Gasteiger partial charge on any atom is 0.368 e. The summed E-state index contributed by atoms with van der Waals surface area (Å²) in [6.45, 7) is 5.95. The Kier molecular flexibility index (Phi) is 11.0. The number of hydrogen-bond donors (Lipinski definition) is 2. The number of benzene rings is 1. The number of ether oxygens (including phenoxy) is 4. The highest BCUT2D eigenvalue weighted by Gasteiger charge is 2.43. The van der Waals surface area contributed by atoms with E-state index in [1.165, 1.54) is 0 Å². The molecule has 0 radical (unpaired) electrons. The first-order valence-electron chi connectivity index (χ1n) is 9.02. The summed E-state index contributed by atoms with van der Waals surface area (Å²) in [7, 11) is 0. The first-order valence-corrected chi connectivity index (χ1v) is 9.66. The Labute approximate surface area is 166 Å². The molecule has 0 spiro atoms. The van der Waals surface area contributed by atoms with Crippen LogP contribution in [0, 0.1) is 0 Å². The summed E-state index contributed by atoms with van der Waals surface area (Å²) >= 11 is 4.16. The van der Waals surface area contributed by atoms with Crippen molar-refractivity contribution in [2.24, 2.45) is 0 Å². The second kappa shape index (κ2) is 12.7. The van der Waals surface area contributed by atoms with E-state index >= 15 is 0 Å². The van der Waals surface area contributed by atoms with Crippen molar-refractivity contribution in [1.82, 2.24) is 5.32 Å². The molecule has 1 N–H and O–H groups in total. The fourth-order valence-electron chi connectivity index (χ4n) is 2.36. The molecule has 1 aromatic rings. The minimum absolute atomic E-state index is 0.0770. The second-order valence-corrected chi connectivity index (χ2v) is 5.91. The van der Waals surface area contributed by atoms with Gasteiger partial charge in [0, 0.05) is 19.0 Å². The first kappa shape index (κ1) is 23.4. The molecule has 0 bridgehead atoms. The van der Waals surface area contributed by atoms with E-state index < -0.39 is 23.8 Å². The van der Waals surface area contributed by atoms with Gasteiger partial charge in [-0.3, -0.25) is 10.1 Å². The van der Waals surface area contributed by atoms with Crippen molar-refractivity contribution in [3.05, 3.63) is 35.9 Å². The Morgan fingerprint density at radius 2 is 1.67 bits per heavy atom. The summed E-state index contributed by atoms with van der Waals surface area (Å²) in [6, 6.07) is 8.61. The molecule has 0 aromatic heterocycles. The zero-order valence-electron chi connectivity index (χ0n) is 16.1. The van der Waals surface area contributed by atoms with Gasteiger partial charge in [-0.15, -0.1) is 0 Å². The Balaban J connectivity index is 2.85. The molecule has 1 aromatic carbocycles. The maximum absolute atomic E-state index is 12.8. The summed E-state index contributed by atoms with van der Waals surface area (Å²) in [5.41, 5.74) is 0.848. The summed E-state index contributed by atoms with van der Waals surface area (Å²) in [5, 5.41) is 2.94. The fraction of sp³-hybridized carbons (Fsp3) is 0.579. The van der Waals surface area contributed by atoms with Gasteiger partial charge in [-0.25, -0.2) is 4.79 Å². The van der Waals surface area contributed by atoms with Gasteiger partial charge in [0.1, 0.15) is 12.6 Å². The van der Waals surface area contributed by atoms with E-state index in [2.05, 4.69) is 17.9 Å². The molecule has 8 heteroatoms. The van der Waals surface area contributed by atoms with E-state index in [-0.39, 0.29) is 38.7 Å². The minimum atomic E-state index is -1.66. The normalized spacial score (nSPS) is 12.4. The molecule has 0 aliphatic rings. The van der Waals surface area contributed by atoms with E-state index in [9.17, 15) is 9.59 Å². The Morgan fingerprint density at radius 1 is 1.04 bits per heavy atom. The Morgan fingerprint density at radius 3 is 2.19 bits per heavy atom. The molecule has 152 valence electrons. The summed E-state index contributed by atoms with van der Waals surface area (Å²) in [5.74, 6) is -2.57. The third kappa shape index (κ3) is 7.50. The highest BCUT2D eigenvalue weighted by Crippen LogP contribution is 2.17. The third-order valence-corrected chi connectivity index (χ3v) is 3.98. The number of hydrogen-bond acceptors (Lipinski definition) is 8. The van der Waals surface area contributed by atoms with Gasteiger partial charge in [0.05, 0.1) is 13.2 Å². The minimum Gasteiger partial charge on any atom is -0.465 e. The van der Waals surface area contributed by atoms with Gasteiger partial charge >= 0.3 is 11.9 Å². The lowest BCUT2D eigenvalue weighted by Crippen LogP contribution is -2.56. The molecular weight excluding hydrogens is 370 g/mol. The molecular formula is C19H29NO6S. The predicted molar refractivity (Wildman–Crippen MR) is 104 cm³/mol. The lowest BCUT2D eigenvalue weighted by molar-refractivity contribution is -0.245. The second-order valence-electron chi connectivity index (χ2n) is 5.55. The largest absolute Gasteiger partial charge is 0.465 e. The van der Waals surface area contributed by atoms with Crippen molar-refractivity contribution in [2.45, 2.75) is 39.2 Å². The summed E-state index contributed by atoms with van der Waals surface area (Å²) in [4.78, 5) is 24.7. The van der Waals surface area contributed by atoms with Crippen LogP contribution in [-0.4, -0.2) is 55.9 Å². The molecule has 0 aliphatic carbocycles. The Hall–Kier alpha value is -1.61. The monoisotopic (exact) mass is 399 g/mol. The maximum atomic E-state index is 12.8. The van der Waals surface area contributed by atoms with E-state index in [1.807, 2.05) is 30.3 Å². The van der Waals surface area contributed by atoms with Crippen molar-refractivity contribution < 1.29 is 28.5 Å². The molecule has 27 heavy (non-hydrogen) atoms. The van der Waals surface area contributed by atoms with Crippen molar-refractivity contribution in [3.63, 3.8) is 0 Å². The number of esters is 2. The van der Waals surface area contributed by atoms with Gasteiger partial charge < -0.3 is 18.9 Å². The van der Waals surface area contributed by atoms with Crippen LogP contribution >= 0.6 is 12.6 Å². The van der Waals surface area contributed by atoms with Crippen LogP contribution in [0.25, 0.3) is 0 Å². The molecule has 7 nitrogen and oxygen atoms in total. The number of carbonyl (C=O) groups excluding carboxylic acids is 2. The first-order chi connectivity index (χ1) is 13.0. The van der Waals surface area contributed by atoms with Crippen molar-refractivity contribution in [2.75, 3.05) is 32.1 Å². The highest BCUT2D eigenvalue weighted by atomic mass is 32.1. The van der Waals surface area contributed by atoms with Crippen molar-refractivity contribution in [3.8, 4) is 0 Å². The average Bonchev–Trinajstić information content (AvgIpc) is 2.67. The highest BCUT2D eigenvalue weighted by molar-refractivity contribution is 7.80. The molecule has 0 saturated heterocycles. The SMILES string of the molecule is CCOC(=O)[C@H](CS)NCC(OCC)(OCC)C(=O)OCc1ccccc1. The fourth-order valence-corrected chi connectivity index (χ4v) is 2.63. The molecule has 0 unspecified atom stereocenters.